The van der Waals surface area contributed by atoms with Crippen LogP contribution in [0.25, 0.3) is 22.9 Å². The molecule has 0 saturated carbocycles. The molecule has 3 aromatic rings. The number of rotatable bonds is 4. The van der Waals surface area contributed by atoms with Gasteiger partial charge in [0.05, 0.1) is 5.69 Å². The Bertz CT molecular complexity index is 860. The van der Waals surface area contributed by atoms with E-state index in [0.29, 0.717) is 0 Å². The first-order chi connectivity index (χ1) is 11.3. The van der Waals surface area contributed by atoms with Crippen LogP contribution in [0.4, 0.5) is 11.4 Å². The summed E-state index contributed by atoms with van der Waals surface area (Å²) in [5, 5.41) is 2.44. The van der Waals surface area contributed by atoms with E-state index < -0.39 is 0 Å². The van der Waals surface area contributed by atoms with Crippen molar-refractivity contribution in [2.75, 3.05) is 11.9 Å². The van der Waals surface area contributed by atoms with E-state index in [1.54, 1.807) is 0 Å². The lowest BCUT2D eigenvalue weighted by Crippen LogP contribution is -2.12. The molecular formula is C22H19N. The Morgan fingerprint density at radius 3 is 2.65 bits per heavy atom. The summed E-state index contributed by atoms with van der Waals surface area (Å²) in [4.78, 5) is 2.20. The van der Waals surface area contributed by atoms with Crippen LogP contribution in [0.15, 0.2) is 61.2 Å². The van der Waals surface area contributed by atoms with Crippen LogP contribution in [0.3, 0.4) is 0 Å². The molecule has 0 aliphatic carbocycles. The molecule has 0 heterocycles. The van der Waals surface area contributed by atoms with E-state index in [4.69, 9.17) is 0 Å². The van der Waals surface area contributed by atoms with Crippen molar-refractivity contribution in [2.24, 2.45) is 0 Å². The number of benzene rings is 2. The Balaban J connectivity index is 2.36. The van der Waals surface area contributed by atoms with Crippen molar-refractivity contribution < 1.29 is 0 Å². The van der Waals surface area contributed by atoms with Gasteiger partial charge in [0.2, 0.25) is 0 Å². The van der Waals surface area contributed by atoms with E-state index in [1.807, 2.05) is 31.2 Å². The average Bonchev–Trinajstić information content (AvgIpc) is 2.61. The highest BCUT2D eigenvalue weighted by Gasteiger charge is 2.14. The quantitative estimate of drug-likeness (QED) is 0.581. The number of anilines is 2. The average molecular weight is 297 g/mol. The molecule has 0 aliphatic heterocycles. The van der Waals surface area contributed by atoms with Gasteiger partial charge in [-0.2, -0.15) is 0 Å². The van der Waals surface area contributed by atoms with E-state index in [9.17, 15) is 0 Å². The molecule has 0 amide bonds. The van der Waals surface area contributed by atoms with Crippen LogP contribution in [0.2, 0.25) is 0 Å². The Labute approximate surface area is 138 Å². The third kappa shape index (κ3) is 2.72. The number of nitrogens with zero attached hydrogens (tertiary/aromatic N) is 1. The molecule has 0 bridgehead atoms. The molecule has 0 N–H and O–H groups in total. The Kier molecular flexibility index (Phi) is 4.17. The predicted octanol–water partition coefficient (Wildman–Crippen LogP) is 5.88. The number of fused-ring (bicyclic) bond motifs is 1. The molecule has 3 rings (SSSR count). The number of hydrogen-bond acceptors (Lipinski definition) is 1. The fraction of sp³-hybridized carbons (Fsp3) is 0.0909. The van der Waals surface area contributed by atoms with Crippen LogP contribution in [0.1, 0.15) is 18.1 Å². The third-order valence-electron chi connectivity index (χ3n) is 4.01. The lowest BCUT2D eigenvalue weighted by molar-refractivity contribution is 1.22. The van der Waals surface area contributed by atoms with Crippen LogP contribution in [-0.4, -0.2) is 7.05 Å². The fourth-order valence-corrected chi connectivity index (χ4v) is 2.91. The maximum absolute atomic E-state index is 3.99. The van der Waals surface area contributed by atoms with Crippen molar-refractivity contribution in [3.8, 4) is 0 Å². The van der Waals surface area contributed by atoms with E-state index in [2.05, 4.69) is 73.1 Å². The summed E-state index contributed by atoms with van der Waals surface area (Å²) in [6.45, 7) is 6.03. The van der Waals surface area contributed by atoms with Crippen molar-refractivity contribution in [3.63, 3.8) is 0 Å². The van der Waals surface area contributed by atoms with Gasteiger partial charge in [-0.05, 0) is 36.1 Å². The van der Waals surface area contributed by atoms with E-state index in [-0.39, 0.29) is 0 Å². The van der Waals surface area contributed by atoms with Gasteiger partial charge < -0.3 is 4.90 Å². The molecule has 0 saturated heterocycles. The largest absolute Gasteiger partial charge is 0.343 e. The predicted molar refractivity (Wildman–Crippen MR) is 101 cm³/mol. The van der Waals surface area contributed by atoms with Gasteiger partial charge in [-0.25, -0.2) is 0 Å². The van der Waals surface area contributed by atoms with Crippen LogP contribution in [0, 0.1) is 12.1 Å². The molecule has 112 valence electrons. The smallest absolute Gasteiger partial charge is 0.0567 e. The van der Waals surface area contributed by atoms with Crippen molar-refractivity contribution in [1.29, 1.82) is 0 Å². The van der Waals surface area contributed by atoms with Crippen molar-refractivity contribution in [1.82, 2.24) is 0 Å². The van der Waals surface area contributed by atoms with Crippen molar-refractivity contribution >= 4 is 34.3 Å². The van der Waals surface area contributed by atoms with Crippen LogP contribution >= 0.6 is 0 Å². The van der Waals surface area contributed by atoms with Gasteiger partial charge in [0.15, 0.2) is 0 Å². The molecule has 1 nitrogen and oxygen atoms in total. The minimum Gasteiger partial charge on any atom is -0.343 e. The molecule has 0 aromatic heterocycles. The summed E-state index contributed by atoms with van der Waals surface area (Å²) in [5.41, 5.74) is 4.57. The van der Waals surface area contributed by atoms with Crippen LogP contribution in [-0.2, 0) is 0 Å². The highest BCUT2D eigenvalue weighted by atomic mass is 15.1. The van der Waals surface area contributed by atoms with Gasteiger partial charge in [-0.3, -0.25) is 0 Å². The molecule has 3 aromatic carbocycles. The highest BCUT2D eigenvalue weighted by Crippen LogP contribution is 2.37. The van der Waals surface area contributed by atoms with E-state index >= 15 is 0 Å². The second-order valence-corrected chi connectivity index (χ2v) is 5.40. The van der Waals surface area contributed by atoms with Crippen molar-refractivity contribution in [2.45, 2.75) is 6.92 Å². The zero-order valence-corrected chi connectivity index (χ0v) is 13.5. The normalized spacial score (nSPS) is 10.7. The van der Waals surface area contributed by atoms with Gasteiger partial charge in [-0.15, -0.1) is 0 Å². The molecule has 0 unspecified atom stereocenters. The first-order valence-corrected chi connectivity index (χ1v) is 7.68. The molecule has 0 radical (unpaired) electrons. The zero-order valence-electron chi connectivity index (χ0n) is 13.5. The zero-order chi connectivity index (χ0) is 16.2. The molecular weight excluding hydrogens is 278 g/mol. The van der Waals surface area contributed by atoms with E-state index in [0.717, 1.165) is 11.3 Å². The lowest BCUT2D eigenvalue weighted by atomic mass is 9.96. The number of hydrogen-bond donors (Lipinski definition) is 0. The Hall–Kier alpha value is -2.98. The summed E-state index contributed by atoms with van der Waals surface area (Å²) in [5.74, 6) is 0. The second-order valence-electron chi connectivity index (χ2n) is 5.40. The van der Waals surface area contributed by atoms with Crippen LogP contribution in [0.5, 0.6) is 0 Å². The summed E-state index contributed by atoms with van der Waals surface area (Å²) in [6, 6.07) is 22.5. The highest BCUT2D eigenvalue weighted by molar-refractivity contribution is 6.02. The minimum absolute atomic E-state index is 1.08. The first kappa shape index (κ1) is 14.9. The monoisotopic (exact) mass is 297 g/mol. The molecule has 0 atom stereocenters. The summed E-state index contributed by atoms with van der Waals surface area (Å²) in [7, 11) is 2.09. The number of allylic oxidation sites excluding steroid dienone is 1. The van der Waals surface area contributed by atoms with Crippen molar-refractivity contribution in [3.05, 3.63) is 84.4 Å². The van der Waals surface area contributed by atoms with Crippen LogP contribution < -0.4 is 4.90 Å². The van der Waals surface area contributed by atoms with Gasteiger partial charge >= 0.3 is 0 Å². The third-order valence-corrected chi connectivity index (χ3v) is 4.01. The van der Waals surface area contributed by atoms with Gasteiger partial charge in [0.1, 0.15) is 0 Å². The summed E-state index contributed by atoms with van der Waals surface area (Å²) < 4.78 is 0. The maximum atomic E-state index is 3.99. The summed E-state index contributed by atoms with van der Waals surface area (Å²) in [6.07, 6.45) is 6.14. The fourth-order valence-electron chi connectivity index (χ4n) is 2.91. The van der Waals surface area contributed by atoms with E-state index in [1.165, 1.54) is 22.0 Å². The summed E-state index contributed by atoms with van der Waals surface area (Å²) >= 11 is 0. The van der Waals surface area contributed by atoms with Gasteiger partial charge in [0, 0.05) is 29.8 Å². The molecule has 0 spiro atoms. The first-order valence-electron chi connectivity index (χ1n) is 7.68. The molecule has 23 heavy (non-hydrogen) atoms. The minimum atomic E-state index is 1.08. The topological polar surface area (TPSA) is 3.24 Å². The Morgan fingerprint density at radius 2 is 1.96 bits per heavy atom. The van der Waals surface area contributed by atoms with Gasteiger partial charge in [-0.1, -0.05) is 61.2 Å². The molecule has 1 heteroatoms. The lowest BCUT2D eigenvalue weighted by Gasteiger charge is -2.24. The standard InChI is InChI=1S/C22H19N/c1-4-11-20-17(5-2)16-18-12-9-10-15-21(18)22(20)23(3)19-13-7-6-8-14-19/h4-5,7,9-16H,2H2,1,3H3/b11-4-. The second kappa shape index (κ2) is 6.42. The molecule has 0 aliphatic rings. The van der Waals surface area contributed by atoms with Gasteiger partial charge in [0.25, 0.3) is 0 Å². The SMILES string of the molecule is C=Cc1cc2ccccc2c(N(C)c2cc#ccc2)c1/C=C\C. The maximum Gasteiger partial charge on any atom is 0.0567 e. The Morgan fingerprint density at radius 1 is 1.13 bits per heavy atom. The molecule has 0 fully saturated rings.